The minimum atomic E-state index is 0.0607. The largest absolute Gasteiger partial charge is 0.489 e. The number of anilines is 1. The Kier molecular flexibility index (Phi) is 5.74. The maximum Gasteiger partial charge on any atom is 0.255 e. The molecule has 0 N–H and O–H groups in total. The first-order valence-corrected chi connectivity index (χ1v) is 10.3. The van der Waals surface area contributed by atoms with Crippen LogP contribution in [0.25, 0.3) is 0 Å². The monoisotopic (exact) mass is 380 g/mol. The molecule has 0 radical (unpaired) electrons. The van der Waals surface area contributed by atoms with Gasteiger partial charge in [0.2, 0.25) is 0 Å². The lowest BCUT2D eigenvalue weighted by Crippen LogP contribution is -2.42. The number of hydrogen-bond acceptors (Lipinski definition) is 5. The van der Waals surface area contributed by atoms with Crippen LogP contribution in [-0.4, -0.2) is 52.6 Å². The zero-order chi connectivity index (χ0) is 19.3. The van der Waals surface area contributed by atoms with Gasteiger partial charge in [-0.25, -0.2) is 4.98 Å². The highest BCUT2D eigenvalue weighted by atomic mass is 16.5. The van der Waals surface area contributed by atoms with E-state index in [0.29, 0.717) is 24.7 Å². The molecule has 2 fully saturated rings. The van der Waals surface area contributed by atoms with Crippen molar-refractivity contribution in [1.82, 2.24) is 14.9 Å². The van der Waals surface area contributed by atoms with E-state index in [1.54, 1.807) is 18.6 Å². The fourth-order valence-corrected chi connectivity index (χ4v) is 4.09. The summed E-state index contributed by atoms with van der Waals surface area (Å²) in [6.45, 7) is 4.70. The molecule has 28 heavy (non-hydrogen) atoms. The van der Waals surface area contributed by atoms with E-state index >= 15 is 0 Å². The number of amides is 1. The number of likely N-dealkylation sites (tertiary alicyclic amines) is 1. The SMILES string of the molecule is C[C@H]1CCCCN1c1ccc(C(=O)N2CCC(Oc3cccnc3)CC2)cn1. The fraction of sp³-hybridized carbons (Fsp3) is 0.500. The lowest BCUT2D eigenvalue weighted by atomic mass is 10.0. The minimum absolute atomic E-state index is 0.0607. The van der Waals surface area contributed by atoms with Crippen LogP contribution in [0, 0.1) is 0 Å². The number of aromatic nitrogens is 2. The Labute approximate surface area is 166 Å². The van der Waals surface area contributed by atoms with Crippen molar-refractivity contribution in [1.29, 1.82) is 0 Å². The third kappa shape index (κ3) is 4.26. The molecule has 0 aliphatic carbocycles. The first-order chi connectivity index (χ1) is 13.7. The number of pyridine rings is 2. The third-order valence-electron chi connectivity index (χ3n) is 5.76. The molecular weight excluding hydrogens is 352 g/mol. The van der Waals surface area contributed by atoms with Crippen molar-refractivity contribution in [2.24, 2.45) is 0 Å². The van der Waals surface area contributed by atoms with E-state index in [9.17, 15) is 4.79 Å². The summed E-state index contributed by atoms with van der Waals surface area (Å²) in [4.78, 5) is 25.8. The maximum absolute atomic E-state index is 12.8. The number of carbonyl (C=O) groups excluding carboxylic acids is 1. The Morgan fingerprint density at radius 3 is 2.61 bits per heavy atom. The number of hydrogen-bond donors (Lipinski definition) is 0. The van der Waals surface area contributed by atoms with Crippen LogP contribution in [0.2, 0.25) is 0 Å². The summed E-state index contributed by atoms with van der Waals surface area (Å²) in [5.74, 6) is 1.83. The normalized spacial score (nSPS) is 20.8. The first-order valence-electron chi connectivity index (χ1n) is 10.3. The molecule has 2 saturated heterocycles. The van der Waals surface area contributed by atoms with Gasteiger partial charge in [-0.05, 0) is 50.5 Å². The summed E-state index contributed by atoms with van der Waals surface area (Å²) in [6, 6.07) is 8.22. The summed E-state index contributed by atoms with van der Waals surface area (Å²) >= 11 is 0. The second-order valence-electron chi connectivity index (χ2n) is 7.74. The lowest BCUT2D eigenvalue weighted by molar-refractivity contribution is 0.0594. The molecule has 2 aliphatic rings. The molecule has 0 saturated carbocycles. The Morgan fingerprint density at radius 2 is 1.93 bits per heavy atom. The average molecular weight is 380 g/mol. The summed E-state index contributed by atoms with van der Waals surface area (Å²) in [5, 5.41) is 0. The summed E-state index contributed by atoms with van der Waals surface area (Å²) < 4.78 is 5.96. The number of carbonyl (C=O) groups is 1. The second kappa shape index (κ2) is 8.59. The quantitative estimate of drug-likeness (QED) is 0.812. The molecular formula is C22H28N4O2. The predicted octanol–water partition coefficient (Wildman–Crippen LogP) is 3.54. The van der Waals surface area contributed by atoms with Crippen molar-refractivity contribution in [3.05, 3.63) is 48.4 Å². The average Bonchev–Trinajstić information content (AvgIpc) is 2.75. The van der Waals surface area contributed by atoms with E-state index in [4.69, 9.17) is 4.74 Å². The van der Waals surface area contributed by atoms with Gasteiger partial charge in [0.15, 0.2) is 0 Å². The van der Waals surface area contributed by atoms with Crippen LogP contribution in [0.1, 0.15) is 49.4 Å². The van der Waals surface area contributed by atoms with Gasteiger partial charge in [-0.1, -0.05) is 0 Å². The molecule has 6 heteroatoms. The van der Waals surface area contributed by atoms with Crippen LogP contribution in [0.15, 0.2) is 42.9 Å². The van der Waals surface area contributed by atoms with Crippen molar-refractivity contribution >= 4 is 11.7 Å². The summed E-state index contributed by atoms with van der Waals surface area (Å²) in [5.41, 5.74) is 0.667. The van der Waals surface area contributed by atoms with E-state index in [1.165, 1.54) is 19.3 Å². The highest BCUT2D eigenvalue weighted by Gasteiger charge is 2.25. The predicted molar refractivity (Wildman–Crippen MR) is 109 cm³/mol. The van der Waals surface area contributed by atoms with Crippen LogP contribution >= 0.6 is 0 Å². The van der Waals surface area contributed by atoms with Gasteiger partial charge in [0.1, 0.15) is 17.7 Å². The number of piperidine rings is 2. The molecule has 2 aromatic heterocycles. The van der Waals surface area contributed by atoms with Gasteiger partial charge < -0.3 is 14.5 Å². The highest BCUT2D eigenvalue weighted by Crippen LogP contribution is 2.24. The van der Waals surface area contributed by atoms with Gasteiger partial charge in [-0.2, -0.15) is 0 Å². The Hall–Kier alpha value is -2.63. The van der Waals surface area contributed by atoms with Gasteiger partial charge in [0.25, 0.3) is 5.91 Å². The van der Waals surface area contributed by atoms with Crippen molar-refractivity contribution in [2.75, 3.05) is 24.5 Å². The zero-order valence-corrected chi connectivity index (χ0v) is 16.5. The van der Waals surface area contributed by atoms with Gasteiger partial charge in [-0.3, -0.25) is 9.78 Å². The molecule has 0 aromatic carbocycles. The van der Waals surface area contributed by atoms with Crippen molar-refractivity contribution in [2.45, 2.75) is 51.2 Å². The van der Waals surface area contributed by atoms with E-state index in [2.05, 4.69) is 21.8 Å². The summed E-state index contributed by atoms with van der Waals surface area (Å²) in [7, 11) is 0. The van der Waals surface area contributed by atoms with Gasteiger partial charge >= 0.3 is 0 Å². The molecule has 6 nitrogen and oxygen atoms in total. The van der Waals surface area contributed by atoms with Crippen LogP contribution in [0.4, 0.5) is 5.82 Å². The summed E-state index contributed by atoms with van der Waals surface area (Å²) in [6.07, 6.45) is 10.7. The van der Waals surface area contributed by atoms with Gasteiger partial charge in [0.05, 0.1) is 11.8 Å². The van der Waals surface area contributed by atoms with Crippen LogP contribution in [-0.2, 0) is 0 Å². The molecule has 0 bridgehead atoms. The number of nitrogens with zero attached hydrogens (tertiary/aromatic N) is 4. The molecule has 2 aromatic rings. The molecule has 0 unspecified atom stereocenters. The lowest BCUT2D eigenvalue weighted by Gasteiger charge is -2.34. The van der Waals surface area contributed by atoms with Gasteiger partial charge in [-0.15, -0.1) is 0 Å². The number of ether oxygens (including phenoxy) is 1. The van der Waals surface area contributed by atoms with Crippen LogP contribution < -0.4 is 9.64 Å². The first kappa shape index (κ1) is 18.7. The van der Waals surface area contributed by atoms with E-state index in [-0.39, 0.29) is 12.0 Å². The Balaban J connectivity index is 1.32. The molecule has 0 spiro atoms. The maximum atomic E-state index is 12.8. The van der Waals surface area contributed by atoms with Gasteiger partial charge in [0, 0.05) is 50.9 Å². The Bertz CT molecular complexity index is 773. The highest BCUT2D eigenvalue weighted by molar-refractivity contribution is 5.94. The topological polar surface area (TPSA) is 58.6 Å². The van der Waals surface area contributed by atoms with Crippen molar-refractivity contribution in [3.63, 3.8) is 0 Å². The van der Waals surface area contributed by atoms with E-state index in [1.807, 2.05) is 29.2 Å². The molecule has 2 aliphatic heterocycles. The molecule has 148 valence electrons. The van der Waals surface area contributed by atoms with E-state index in [0.717, 1.165) is 31.0 Å². The minimum Gasteiger partial charge on any atom is -0.489 e. The standard InChI is InChI=1S/C22H28N4O2/c1-17-5-2-3-12-26(17)21-8-7-18(15-24-21)22(27)25-13-9-19(10-14-25)28-20-6-4-11-23-16-20/h4,6-8,11,15-17,19H,2-3,5,9-10,12-14H2,1H3/t17-/m0/s1. The molecule has 4 rings (SSSR count). The zero-order valence-electron chi connectivity index (χ0n) is 16.5. The van der Waals surface area contributed by atoms with Crippen molar-refractivity contribution < 1.29 is 9.53 Å². The number of rotatable bonds is 4. The smallest absolute Gasteiger partial charge is 0.255 e. The molecule has 1 atom stereocenters. The third-order valence-corrected chi connectivity index (χ3v) is 5.76. The second-order valence-corrected chi connectivity index (χ2v) is 7.74. The van der Waals surface area contributed by atoms with Crippen LogP contribution in [0.3, 0.4) is 0 Å². The Morgan fingerprint density at radius 1 is 1.07 bits per heavy atom. The van der Waals surface area contributed by atoms with Crippen molar-refractivity contribution in [3.8, 4) is 5.75 Å². The molecule has 4 heterocycles. The van der Waals surface area contributed by atoms with Crippen LogP contribution in [0.5, 0.6) is 5.75 Å². The fourth-order valence-electron chi connectivity index (χ4n) is 4.09. The molecule has 1 amide bonds. The van der Waals surface area contributed by atoms with E-state index < -0.39 is 0 Å².